The molecule has 3 aliphatic rings. The Balaban J connectivity index is 1.36. The van der Waals surface area contributed by atoms with Crippen molar-refractivity contribution in [1.29, 1.82) is 0 Å². The molecule has 2 atom stereocenters. The SMILES string of the molecule is CC1CN(C(=O)C2CN(c3c4c(nc5ccnn35)CNCC4)C2)CC(C)N1. The van der Waals surface area contributed by atoms with E-state index >= 15 is 0 Å². The standard InChI is InChI=1S/C19H27N7O/c1-12-8-25(9-13(2)22-12)19(27)14-10-24(11-14)18-15-3-5-20-7-16(15)23-17-4-6-21-26(17)18/h4,6,12-14,20,22H,3,5,7-11H2,1-2H3. The Morgan fingerprint density at radius 2 is 1.96 bits per heavy atom. The molecule has 8 heteroatoms. The summed E-state index contributed by atoms with van der Waals surface area (Å²) in [5, 5.41) is 11.4. The molecule has 2 N–H and O–H groups in total. The van der Waals surface area contributed by atoms with Gasteiger partial charge in [-0.15, -0.1) is 0 Å². The van der Waals surface area contributed by atoms with E-state index in [0.29, 0.717) is 18.0 Å². The monoisotopic (exact) mass is 369 g/mol. The largest absolute Gasteiger partial charge is 0.354 e. The molecule has 1 amide bonds. The second-order valence-corrected chi connectivity index (χ2v) is 8.20. The number of fused-ring (bicyclic) bond motifs is 2. The number of carbonyl (C=O) groups excluding carboxylic acids is 1. The zero-order valence-electron chi connectivity index (χ0n) is 16.0. The van der Waals surface area contributed by atoms with Gasteiger partial charge in [-0.25, -0.2) is 4.98 Å². The quantitative estimate of drug-likeness (QED) is 0.777. The number of rotatable bonds is 2. The van der Waals surface area contributed by atoms with E-state index in [1.807, 2.05) is 15.5 Å². The van der Waals surface area contributed by atoms with Crippen LogP contribution in [0.1, 0.15) is 25.1 Å². The molecule has 8 nitrogen and oxygen atoms in total. The van der Waals surface area contributed by atoms with Gasteiger partial charge < -0.3 is 20.4 Å². The summed E-state index contributed by atoms with van der Waals surface area (Å²) in [6.07, 6.45) is 2.76. The molecule has 3 aliphatic heterocycles. The average molecular weight is 369 g/mol. The van der Waals surface area contributed by atoms with Gasteiger partial charge in [-0.3, -0.25) is 4.79 Å². The fraction of sp³-hybridized carbons (Fsp3) is 0.632. The summed E-state index contributed by atoms with van der Waals surface area (Å²) >= 11 is 0. The predicted molar refractivity (Wildman–Crippen MR) is 103 cm³/mol. The number of hydrogen-bond donors (Lipinski definition) is 2. The van der Waals surface area contributed by atoms with E-state index in [9.17, 15) is 4.79 Å². The fourth-order valence-electron chi connectivity index (χ4n) is 4.73. The highest BCUT2D eigenvalue weighted by molar-refractivity contribution is 5.82. The zero-order valence-corrected chi connectivity index (χ0v) is 16.0. The minimum atomic E-state index is 0.0821. The molecule has 2 saturated heterocycles. The van der Waals surface area contributed by atoms with E-state index in [2.05, 4.69) is 34.5 Å². The van der Waals surface area contributed by atoms with E-state index in [-0.39, 0.29) is 5.92 Å². The van der Waals surface area contributed by atoms with Gasteiger partial charge in [-0.1, -0.05) is 0 Å². The molecule has 27 heavy (non-hydrogen) atoms. The Hall–Kier alpha value is -2.19. The third-order valence-corrected chi connectivity index (χ3v) is 5.93. The van der Waals surface area contributed by atoms with Crippen LogP contribution in [0.2, 0.25) is 0 Å². The van der Waals surface area contributed by atoms with Gasteiger partial charge in [0.05, 0.1) is 17.8 Å². The van der Waals surface area contributed by atoms with Gasteiger partial charge in [0.15, 0.2) is 5.65 Å². The number of amides is 1. The van der Waals surface area contributed by atoms with Crippen LogP contribution in [0.3, 0.4) is 0 Å². The first kappa shape index (κ1) is 16.9. The maximum absolute atomic E-state index is 13.0. The lowest BCUT2D eigenvalue weighted by molar-refractivity contribution is -0.138. The normalized spacial score (nSPS) is 26.1. The summed E-state index contributed by atoms with van der Waals surface area (Å²) in [4.78, 5) is 22.1. The van der Waals surface area contributed by atoms with Crippen LogP contribution in [0.15, 0.2) is 12.3 Å². The second-order valence-electron chi connectivity index (χ2n) is 8.20. The number of anilines is 1. The van der Waals surface area contributed by atoms with Gasteiger partial charge in [0.1, 0.15) is 5.82 Å². The molecule has 2 fully saturated rings. The van der Waals surface area contributed by atoms with Crippen LogP contribution in [0.5, 0.6) is 0 Å². The highest BCUT2D eigenvalue weighted by atomic mass is 16.2. The third kappa shape index (κ3) is 2.87. The molecule has 144 valence electrons. The lowest BCUT2D eigenvalue weighted by atomic mass is 9.95. The van der Waals surface area contributed by atoms with Crippen molar-refractivity contribution in [2.24, 2.45) is 5.92 Å². The van der Waals surface area contributed by atoms with Crippen molar-refractivity contribution < 1.29 is 4.79 Å². The van der Waals surface area contributed by atoms with Crippen LogP contribution in [-0.4, -0.2) is 70.2 Å². The summed E-state index contributed by atoms with van der Waals surface area (Å²) in [5.41, 5.74) is 3.27. The first-order chi connectivity index (χ1) is 13.1. The summed E-state index contributed by atoms with van der Waals surface area (Å²) in [7, 11) is 0. The topological polar surface area (TPSA) is 77.8 Å². The molecule has 2 unspecified atom stereocenters. The highest BCUT2D eigenvalue weighted by Gasteiger charge is 2.39. The molecule has 0 aliphatic carbocycles. The zero-order chi connectivity index (χ0) is 18.5. The molecule has 0 spiro atoms. The molecule has 2 aromatic rings. The van der Waals surface area contributed by atoms with E-state index in [4.69, 9.17) is 4.98 Å². The minimum absolute atomic E-state index is 0.0821. The summed E-state index contributed by atoms with van der Waals surface area (Å²) in [5.74, 6) is 1.51. The van der Waals surface area contributed by atoms with Crippen molar-refractivity contribution in [2.75, 3.05) is 37.6 Å². The number of aromatic nitrogens is 3. The Morgan fingerprint density at radius 3 is 2.74 bits per heavy atom. The molecule has 0 radical (unpaired) electrons. The Kier molecular flexibility index (Phi) is 4.05. The smallest absolute Gasteiger partial charge is 0.229 e. The van der Waals surface area contributed by atoms with Gasteiger partial charge in [0, 0.05) is 56.4 Å². The van der Waals surface area contributed by atoms with Crippen molar-refractivity contribution in [3.8, 4) is 0 Å². The van der Waals surface area contributed by atoms with E-state index in [0.717, 1.165) is 62.8 Å². The number of carbonyl (C=O) groups is 1. The summed E-state index contributed by atoms with van der Waals surface area (Å²) in [6, 6.07) is 2.67. The van der Waals surface area contributed by atoms with Crippen LogP contribution >= 0.6 is 0 Å². The molecule has 0 bridgehead atoms. The van der Waals surface area contributed by atoms with E-state index in [1.165, 1.54) is 5.56 Å². The predicted octanol–water partition coefficient (Wildman–Crippen LogP) is 0.0200. The van der Waals surface area contributed by atoms with Crippen LogP contribution in [0.25, 0.3) is 5.65 Å². The molecule has 0 saturated carbocycles. The maximum atomic E-state index is 13.0. The average Bonchev–Trinajstić information content (AvgIpc) is 3.07. The Bertz CT molecular complexity index is 862. The Morgan fingerprint density at radius 1 is 1.19 bits per heavy atom. The van der Waals surface area contributed by atoms with Crippen molar-refractivity contribution in [3.63, 3.8) is 0 Å². The van der Waals surface area contributed by atoms with Crippen molar-refractivity contribution in [2.45, 2.75) is 38.9 Å². The van der Waals surface area contributed by atoms with Crippen molar-refractivity contribution >= 4 is 17.4 Å². The highest BCUT2D eigenvalue weighted by Crippen LogP contribution is 2.32. The molecule has 5 heterocycles. The van der Waals surface area contributed by atoms with E-state index in [1.54, 1.807) is 6.20 Å². The minimum Gasteiger partial charge on any atom is -0.354 e. The number of nitrogens with zero attached hydrogens (tertiary/aromatic N) is 5. The Labute approximate surface area is 158 Å². The van der Waals surface area contributed by atoms with Gasteiger partial charge in [-0.2, -0.15) is 9.61 Å². The first-order valence-electron chi connectivity index (χ1n) is 9.96. The molecular formula is C19H27N7O. The summed E-state index contributed by atoms with van der Waals surface area (Å²) < 4.78 is 1.94. The lowest BCUT2D eigenvalue weighted by Gasteiger charge is -2.45. The lowest BCUT2D eigenvalue weighted by Crippen LogP contribution is -2.61. The summed E-state index contributed by atoms with van der Waals surface area (Å²) in [6.45, 7) is 9.20. The number of hydrogen-bond acceptors (Lipinski definition) is 6. The van der Waals surface area contributed by atoms with Crippen LogP contribution < -0.4 is 15.5 Å². The molecular weight excluding hydrogens is 342 g/mol. The van der Waals surface area contributed by atoms with Gasteiger partial charge in [0.2, 0.25) is 5.91 Å². The van der Waals surface area contributed by atoms with Gasteiger partial charge in [-0.05, 0) is 26.8 Å². The molecule has 2 aromatic heterocycles. The maximum Gasteiger partial charge on any atom is 0.229 e. The van der Waals surface area contributed by atoms with Crippen LogP contribution in [0.4, 0.5) is 5.82 Å². The van der Waals surface area contributed by atoms with Crippen LogP contribution in [0, 0.1) is 5.92 Å². The van der Waals surface area contributed by atoms with E-state index < -0.39 is 0 Å². The number of piperazine rings is 1. The van der Waals surface area contributed by atoms with Crippen molar-refractivity contribution in [3.05, 3.63) is 23.5 Å². The molecule has 0 aromatic carbocycles. The van der Waals surface area contributed by atoms with Gasteiger partial charge >= 0.3 is 0 Å². The molecule has 5 rings (SSSR count). The van der Waals surface area contributed by atoms with Crippen molar-refractivity contribution in [1.82, 2.24) is 30.1 Å². The number of nitrogens with one attached hydrogen (secondary N) is 2. The fourth-order valence-corrected chi connectivity index (χ4v) is 4.73. The van der Waals surface area contributed by atoms with Crippen LogP contribution in [-0.2, 0) is 17.8 Å². The van der Waals surface area contributed by atoms with Gasteiger partial charge in [0.25, 0.3) is 0 Å². The third-order valence-electron chi connectivity index (χ3n) is 5.93. The second kappa shape index (κ2) is 6.45. The first-order valence-corrected chi connectivity index (χ1v) is 9.96.